The van der Waals surface area contributed by atoms with E-state index in [0.717, 1.165) is 11.4 Å². The van der Waals surface area contributed by atoms with E-state index in [4.69, 9.17) is 9.68 Å². The number of nitrogens with one attached hydrogen (secondary N) is 1. The summed E-state index contributed by atoms with van der Waals surface area (Å²) in [6, 6.07) is 13.8. The monoisotopic (exact) mass is 254 g/mol. The van der Waals surface area contributed by atoms with Crippen molar-refractivity contribution in [3.8, 4) is 6.07 Å². The fourth-order valence-corrected chi connectivity index (χ4v) is 2.01. The fourth-order valence-electron chi connectivity index (χ4n) is 2.01. The summed E-state index contributed by atoms with van der Waals surface area (Å²) in [5.74, 6) is 1.11. The summed E-state index contributed by atoms with van der Waals surface area (Å²) in [6.45, 7) is 7.14. The minimum Gasteiger partial charge on any atom is -0.449 e. The number of hydrogen-bond donors (Lipinski definition) is 1. The molecule has 1 aromatic carbocycles. The van der Waals surface area contributed by atoms with Gasteiger partial charge in [-0.05, 0) is 29.2 Å². The van der Waals surface area contributed by atoms with Crippen molar-refractivity contribution in [1.82, 2.24) is 0 Å². The van der Waals surface area contributed by atoms with Crippen molar-refractivity contribution in [2.45, 2.75) is 32.7 Å². The highest BCUT2D eigenvalue weighted by Crippen LogP contribution is 2.29. The zero-order valence-electron chi connectivity index (χ0n) is 11.5. The van der Waals surface area contributed by atoms with E-state index in [9.17, 15) is 0 Å². The van der Waals surface area contributed by atoms with Crippen LogP contribution in [0.3, 0.4) is 0 Å². The van der Waals surface area contributed by atoms with Crippen molar-refractivity contribution in [1.29, 1.82) is 5.26 Å². The second kappa shape index (κ2) is 5.19. The van der Waals surface area contributed by atoms with Crippen LogP contribution in [0.1, 0.15) is 37.9 Å². The lowest BCUT2D eigenvalue weighted by Gasteiger charge is -2.23. The van der Waals surface area contributed by atoms with Gasteiger partial charge in [0.05, 0.1) is 6.54 Å². The van der Waals surface area contributed by atoms with E-state index in [2.05, 4.69) is 38.2 Å². The molecule has 0 saturated heterocycles. The van der Waals surface area contributed by atoms with Gasteiger partial charge in [0, 0.05) is 5.69 Å². The molecule has 98 valence electrons. The van der Waals surface area contributed by atoms with Gasteiger partial charge in [-0.25, -0.2) is 0 Å². The molecule has 19 heavy (non-hydrogen) atoms. The van der Waals surface area contributed by atoms with Crippen LogP contribution in [0, 0.1) is 11.3 Å². The summed E-state index contributed by atoms with van der Waals surface area (Å²) in [7, 11) is 0. The highest BCUT2D eigenvalue weighted by Gasteiger charge is 2.17. The van der Waals surface area contributed by atoms with E-state index in [0.29, 0.717) is 12.3 Å². The molecule has 0 radical (unpaired) electrons. The third-order valence-corrected chi connectivity index (χ3v) is 2.96. The molecule has 0 saturated carbocycles. The van der Waals surface area contributed by atoms with Gasteiger partial charge in [0.1, 0.15) is 11.8 Å². The first kappa shape index (κ1) is 13.2. The van der Waals surface area contributed by atoms with Gasteiger partial charge in [-0.1, -0.05) is 39.0 Å². The topological polar surface area (TPSA) is 49.0 Å². The van der Waals surface area contributed by atoms with E-state index in [1.807, 2.05) is 24.3 Å². The van der Waals surface area contributed by atoms with E-state index >= 15 is 0 Å². The Hall–Kier alpha value is -2.21. The Bertz CT molecular complexity index is 600. The summed E-state index contributed by atoms with van der Waals surface area (Å²) in [5.41, 5.74) is 2.46. The quantitative estimate of drug-likeness (QED) is 0.898. The van der Waals surface area contributed by atoms with Crippen molar-refractivity contribution in [3.05, 3.63) is 53.5 Å². The molecule has 0 aliphatic carbocycles. The lowest BCUT2D eigenvalue weighted by atomic mass is 9.86. The third-order valence-electron chi connectivity index (χ3n) is 2.96. The molecule has 0 unspecified atom stereocenters. The molecular formula is C16H18N2O. The second-order valence-corrected chi connectivity index (χ2v) is 5.53. The Morgan fingerprint density at radius 1 is 1.16 bits per heavy atom. The molecule has 0 aliphatic rings. The smallest absolute Gasteiger partial charge is 0.203 e. The molecule has 1 heterocycles. The molecule has 2 rings (SSSR count). The predicted molar refractivity (Wildman–Crippen MR) is 75.9 cm³/mol. The number of para-hydroxylation sites is 1. The zero-order chi connectivity index (χ0) is 13.9. The Kier molecular flexibility index (Phi) is 3.62. The van der Waals surface area contributed by atoms with Crippen molar-refractivity contribution in [3.63, 3.8) is 0 Å². The Balaban J connectivity index is 2.14. The number of furan rings is 1. The third kappa shape index (κ3) is 3.17. The first-order chi connectivity index (χ1) is 9.00. The maximum Gasteiger partial charge on any atom is 0.203 e. The molecule has 3 heteroatoms. The number of benzene rings is 1. The molecule has 3 nitrogen and oxygen atoms in total. The molecule has 1 aromatic heterocycles. The maximum absolute atomic E-state index is 8.72. The number of rotatable bonds is 3. The van der Waals surface area contributed by atoms with Gasteiger partial charge in [-0.15, -0.1) is 0 Å². The van der Waals surface area contributed by atoms with Crippen molar-refractivity contribution in [2.24, 2.45) is 0 Å². The molecule has 0 amide bonds. The van der Waals surface area contributed by atoms with E-state index in [-0.39, 0.29) is 5.41 Å². The number of nitrogens with zero attached hydrogens (tertiary/aromatic N) is 1. The van der Waals surface area contributed by atoms with E-state index in [1.165, 1.54) is 5.56 Å². The Morgan fingerprint density at radius 2 is 1.89 bits per heavy atom. The van der Waals surface area contributed by atoms with Crippen molar-refractivity contribution >= 4 is 5.69 Å². The van der Waals surface area contributed by atoms with Crippen molar-refractivity contribution in [2.75, 3.05) is 5.32 Å². The highest BCUT2D eigenvalue weighted by atomic mass is 16.3. The minimum atomic E-state index is 0.0879. The van der Waals surface area contributed by atoms with Crippen LogP contribution >= 0.6 is 0 Å². The van der Waals surface area contributed by atoms with Gasteiger partial charge in [0.15, 0.2) is 0 Å². The lowest BCUT2D eigenvalue weighted by Crippen LogP contribution is -2.14. The van der Waals surface area contributed by atoms with Gasteiger partial charge in [0.2, 0.25) is 5.76 Å². The Morgan fingerprint density at radius 3 is 2.53 bits per heavy atom. The molecular weight excluding hydrogens is 236 g/mol. The van der Waals surface area contributed by atoms with Crippen LogP contribution in [0.2, 0.25) is 0 Å². The number of nitriles is 1. The molecule has 2 aromatic rings. The number of hydrogen-bond acceptors (Lipinski definition) is 3. The summed E-state index contributed by atoms with van der Waals surface area (Å²) in [6.07, 6.45) is 0. The SMILES string of the molecule is CC(C)(C)c1ccccc1NCc1ccc(C#N)o1. The van der Waals surface area contributed by atoms with Crippen LogP contribution in [0.25, 0.3) is 0 Å². The molecule has 0 aliphatic heterocycles. The fraction of sp³-hybridized carbons (Fsp3) is 0.312. The van der Waals surface area contributed by atoms with Crippen LogP contribution < -0.4 is 5.32 Å². The molecule has 0 atom stereocenters. The van der Waals surface area contributed by atoms with Gasteiger partial charge in [0.25, 0.3) is 0 Å². The van der Waals surface area contributed by atoms with Gasteiger partial charge in [-0.3, -0.25) is 0 Å². The van der Waals surface area contributed by atoms with Gasteiger partial charge >= 0.3 is 0 Å². The highest BCUT2D eigenvalue weighted by molar-refractivity contribution is 5.54. The average molecular weight is 254 g/mol. The second-order valence-electron chi connectivity index (χ2n) is 5.53. The van der Waals surface area contributed by atoms with Gasteiger partial charge in [-0.2, -0.15) is 5.26 Å². The predicted octanol–water partition coefficient (Wildman–Crippen LogP) is 4.06. The molecule has 1 N–H and O–H groups in total. The van der Waals surface area contributed by atoms with Crippen LogP contribution in [0.4, 0.5) is 5.69 Å². The number of anilines is 1. The average Bonchev–Trinajstić information content (AvgIpc) is 2.83. The molecule has 0 spiro atoms. The summed E-state index contributed by atoms with van der Waals surface area (Å²) < 4.78 is 5.36. The normalized spacial score (nSPS) is 11.1. The largest absolute Gasteiger partial charge is 0.449 e. The van der Waals surface area contributed by atoms with Crippen LogP contribution in [0.5, 0.6) is 0 Å². The maximum atomic E-state index is 8.72. The van der Waals surface area contributed by atoms with Gasteiger partial charge < -0.3 is 9.73 Å². The minimum absolute atomic E-state index is 0.0879. The summed E-state index contributed by atoms with van der Waals surface area (Å²) >= 11 is 0. The van der Waals surface area contributed by atoms with Crippen molar-refractivity contribution < 1.29 is 4.42 Å². The summed E-state index contributed by atoms with van der Waals surface area (Å²) in [5, 5.41) is 12.1. The first-order valence-electron chi connectivity index (χ1n) is 6.33. The van der Waals surface area contributed by atoms with Crippen LogP contribution in [-0.2, 0) is 12.0 Å². The lowest BCUT2D eigenvalue weighted by molar-refractivity contribution is 0.505. The standard InChI is InChI=1S/C16H18N2O/c1-16(2,3)14-6-4-5-7-15(14)18-11-13-9-8-12(10-17)19-13/h4-9,18H,11H2,1-3H3. The molecule has 0 bridgehead atoms. The zero-order valence-corrected chi connectivity index (χ0v) is 11.5. The van der Waals surface area contributed by atoms with E-state index in [1.54, 1.807) is 6.07 Å². The van der Waals surface area contributed by atoms with Crippen LogP contribution in [0.15, 0.2) is 40.8 Å². The molecule has 0 fully saturated rings. The van der Waals surface area contributed by atoms with E-state index < -0.39 is 0 Å². The Labute approximate surface area is 113 Å². The summed E-state index contributed by atoms with van der Waals surface area (Å²) in [4.78, 5) is 0. The van der Waals surface area contributed by atoms with Crippen LogP contribution in [-0.4, -0.2) is 0 Å². The first-order valence-corrected chi connectivity index (χ1v) is 6.33.